The lowest BCUT2D eigenvalue weighted by Gasteiger charge is -2.01. The molecule has 5 heteroatoms. The van der Waals surface area contributed by atoms with Crippen molar-refractivity contribution < 1.29 is 4.39 Å². The van der Waals surface area contributed by atoms with Crippen LogP contribution in [0.25, 0.3) is 0 Å². The maximum atomic E-state index is 12.9. The zero-order valence-electron chi connectivity index (χ0n) is 8.90. The van der Waals surface area contributed by atoms with Crippen molar-refractivity contribution in [3.05, 3.63) is 40.7 Å². The Bertz CT molecular complexity index is 470. The van der Waals surface area contributed by atoms with Gasteiger partial charge in [-0.2, -0.15) is 0 Å². The van der Waals surface area contributed by atoms with E-state index in [0.717, 1.165) is 22.1 Å². The Morgan fingerprint density at radius 3 is 2.94 bits per heavy atom. The number of anilines is 1. The molecule has 0 aliphatic heterocycles. The Morgan fingerprint density at radius 1 is 1.38 bits per heavy atom. The highest BCUT2D eigenvalue weighted by Crippen LogP contribution is 2.16. The molecule has 0 fully saturated rings. The average molecular weight is 237 g/mol. The van der Waals surface area contributed by atoms with E-state index in [4.69, 9.17) is 0 Å². The Kier molecular flexibility index (Phi) is 3.46. The van der Waals surface area contributed by atoms with Gasteiger partial charge in [0.05, 0.1) is 0 Å². The highest BCUT2D eigenvalue weighted by atomic mass is 32.1. The fraction of sp³-hybridized carbons (Fsp3) is 0.273. The van der Waals surface area contributed by atoms with E-state index < -0.39 is 0 Å². The van der Waals surface area contributed by atoms with Gasteiger partial charge in [0.2, 0.25) is 5.13 Å². The third kappa shape index (κ3) is 2.76. The normalized spacial score (nSPS) is 10.4. The first-order chi connectivity index (χ1) is 7.78. The van der Waals surface area contributed by atoms with Crippen LogP contribution in [-0.4, -0.2) is 10.2 Å². The van der Waals surface area contributed by atoms with E-state index >= 15 is 0 Å². The van der Waals surface area contributed by atoms with Gasteiger partial charge in [-0.15, -0.1) is 10.2 Å². The summed E-state index contributed by atoms with van der Waals surface area (Å²) in [5.74, 6) is -0.217. The molecule has 2 aromatic rings. The SMILES string of the molecule is CCc1nnc(NCc2cccc(F)c2)s1. The molecule has 1 N–H and O–H groups in total. The van der Waals surface area contributed by atoms with Gasteiger partial charge in [0.1, 0.15) is 10.8 Å². The van der Waals surface area contributed by atoms with Crippen molar-refractivity contribution >= 4 is 16.5 Å². The lowest BCUT2D eigenvalue weighted by Crippen LogP contribution is -1.99. The molecule has 3 nitrogen and oxygen atoms in total. The van der Waals surface area contributed by atoms with Gasteiger partial charge < -0.3 is 5.32 Å². The van der Waals surface area contributed by atoms with Crippen LogP contribution in [0.3, 0.4) is 0 Å². The Balaban J connectivity index is 1.96. The zero-order valence-corrected chi connectivity index (χ0v) is 9.72. The van der Waals surface area contributed by atoms with E-state index in [1.54, 1.807) is 6.07 Å². The third-order valence-electron chi connectivity index (χ3n) is 2.10. The molecule has 0 aliphatic rings. The van der Waals surface area contributed by atoms with Crippen LogP contribution in [-0.2, 0) is 13.0 Å². The van der Waals surface area contributed by atoms with Crippen LogP contribution in [0.4, 0.5) is 9.52 Å². The standard InChI is InChI=1S/C11H12FN3S/c1-2-10-14-15-11(16-10)13-7-8-4-3-5-9(12)6-8/h3-6H,2,7H2,1H3,(H,13,15). The van der Waals surface area contributed by atoms with Crippen molar-refractivity contribution in [1.29, 1.82) is 0 Å². The van der Waals surface area contributed by atoms with Crippen LogP contribution in [0.1, 0.15) is 17.5 Å². The quantitative estimate of drug-likeness (QED) is 0.888. The molecule has 0 atom stereocenters. The summed E-state index contributed by atoms with van der Waals surface area (Å²) in [5, 5.41) is 12.9. The highest BCUT2D eigenvalue weighted by molar-refractivity contribution is 7.15. The molecule has 1 aromatic heterocycles. The first kappa shape index (κ1) is 11.0. The Morgan fingerprint density at radius 2 is 2.25 bits per heavy atom. The molecule has 0 amide bonds. The first-order valence-electron chi connectivity index (χ1n) is 5.08. The summed E-state index contributed by atoms with van der Waals surface area (Å²) in [5.41, 5.74) is 0.897. The average Bonchev–Trinajstić information content (AvgIpc) is 2.74. The van der Waals surface area contributed by atoms with Crippen molar-refractivity contribution in [2.45, 2.75) is 19.9 Å². The molecule has 0 unspecified atom stereocenters. The minimum absolute atomic E-state index is 0.217. The van der Waals surface area contributed by atoms with E-state index in [0.29, 0.717) is 6.54 Å². The highest BCUT2D eigenvalue weighted by Gasteiger charge is 2.01. The molecule has 84 valence electrons. The zero-order chi connectivity index (χ0) is 11.4. The Hall–Kier alpha value is -1.49. The maximum absolute atomic E-state index is 12.9. The van der Waals surface area contributed by atoms with Gasteiger partial charge in [-0.25, -0.2) is 4.39 Å². The summed E-state index contributed by atoms with van der Waals surface area (Å²) >= 11 is 1.53. The second-order valence-electron chi connectivity index (χ2n) is 3.34. The third-order valence-corrected chi connectivity index (χ3v) is 3.13. The molecule has 0 spiro atoms. The minimum Gasteiger partial charge on any atom is -0.356 e. The van der Waals surface area contributed by atoms with Crippen LogP contribution in [0, 0.1) is 5.82 Å². The van der Waals surface area contributed by atoms with Crippen molar-refractivity contribution in [1.82, 2.24) is 10.2 Å². The molecule has 0 saturated heterocycles. The van der Waals surface area contributed by atoms with Crippen molar-refractivity contribution in [2.24, 2.45) is 0 Å². The van der Waals surface area contributed by atoms with Crippen molar-refractivity contribution in [3.63, 3.8) is 0 Å². The number of aryl methyl sites for hydroxylation is 1. The minimum atomic E-state index is -0.217. The van der Waals surface area contributed by atoms with Gasteiger partial charge in [-0.3, -0.25) is 0 Å². The summed E-state index contributed by atoms with van der Waals surface area (Å²) in [6.45, 7) is 2.60. The van der Waals surface area contributed by atoms with Crippen molar-refractivity contribution in [3.8, 4) is 0 Å². The van der Waals surface area contributed by atoms with E-state index in [-0.39, 0.29) is 5.82 Å². The summed E-state index contributed by atoms with van der Waals surface area (Å²) in [6.07, 6.45) is 0.888. The summed E-state index contributed by atoms with van der Waals surface area (Å²) in [6, 6.07) is 6.51. The number of hydrogen-bond acceptors (Lipinski definition) is 4. The van der Waals surface area contributed by atoms with Gasteiger partial charge in [0.15, 0.2) is 0 Å². The summed E-state index contributed by atoms with van der Waals surface area (Å²) in [7, 11) is 0. The molecular weight excluding hydrogens is 225 g/mol. The van der Waals surface area contributed by atoms with Gasteiger partial charge in [-0.05, 0) is 24.1 Å². The molecule has 0 saturated carbocycles. The van der Waals surface area contributed by atoms with Gasteiger partial charge in [-0.1, -0.05) is 30.4 Å². The molecule has 0 radical (unpaired) electrons. The number of benzene rings is 1. The number of aromatic nitrogens is 2. The molecular formula is C11H12FN3S. The molecule has 16 heavy (non-hydrogen) atoms. The lowest BCUT2D eigenvalue weighted by atomic mass is 10.2. The van der Waals surface area contributed by atoms with E-state index in [1.165, 1.54) is 23.5 Å². The van der Waals surface area contributed by atoms with Crippen LogP contribution >= 0.6 is 11.3 Å². The summed E-state index contributed by atoms with van der Waals surface area (Å²) in [4.78, 5) is 0. The van der Waals surface area contributed by atoms with Gasteiger partial charge in [0.25, 0.3) is 0 Å². The monoisotopic (exact) mass is 237 g/mol. The predicted molar refractivity (Wildman–Crippen MR) is 63.0 cm³/mol. The lowest BCUT2D eigenvalue weighted by molar-refractivity contribution is 0.626. The van der Waals surface area contributed by atoms with E-state index in [1.807, 2.05) is 13.0 Å². The number of rotatable bonds is 4. The second-order valence-corrected chi connectivity index (χ2v) is 4.40. The predicted octanol–water partition coefficient (Wildman–Crippen LogP) is 2.85. The van der Waals surface area contributed by atoms with Gasteiger partial charge >= 0.3 is 0 Å². The van der Waals surface area contributed by atoms with Gasteiger partial charge in [0, 0.05) is 6.54 Å². The summed E-state index contributed by atoms with van der Waals surface area (Å²) < 4.78 is 12.9. The Labute approximate surface area is 97.3 Å². The smallest absolute Gasteiger partial charge is 0.205 e. The second kappa shape index (κ2) is 5.03. The maximum Gasteiger partial charge on any atom is 0.205 e. The van der Waals surface area contributed by atoms with Crippen molar-refractivity contribution in [2.75, 3.05) is 5.32 Å². The molecule has 1 aromatic carbocycles. The molecule has 0 bridgehead atoms. The van der Waals surface area contributed by atoms with E-state index in [9.17, 15) is 4.39 Å². The number of halogens is 1. The molecule has 2 rings (SSSR count). The first-order valence-corrected chi connectivity index (χ1v) is 5.90. The fourth-order valence-corrected chi connectivity index (χ4v) is 1.97. The number of nitrogens with zero attached hydrogens (tertiary/aromatic N) is 2. The largest absolute Gasteiger partial charge is 0.356 e. The van der Waals surface area contributed by atoms with Crippen LogP contribution in [0.15, 0.2) is 24.3 Å². The van der Waals surface area contributed by atoms with E-state index in [2.05, 4.69) is 15.5 Å². The van der Waals surface area contributed by atoms with Crippen LogP contribution in [0.2, 0.25) is 0 Å². The van der Waals surface area contributed by atoms with Crippen LogP contribution in [0.5, 0.6) is 0 Å². The topological polar surface area (TPSA) is 37.8 Å². The molecule has 1 heterocycles. The van der Waals surface area contributed by atoms with Crippen LogP contribution < -0.4 is 5.32 Å². The fourth-order valence-electron chi connectivity index (χ4n) is 1.29. The number of nitrogens with one attached hydrogen (secondary N) is 1. The number of hydrogen-bond donors (Lipinski definition) is 1. The molecule has 0 aliphatic carbocycles.